The summed E-state index contributed by atoms with van der Waals surface area (Å²) in [4.78, 5) is 27.8. The van der Waals surface area contributed by atoms with Crippen LogP contribution in [0.15, 0.2) is 29.6 Å². The van der Waals surface area contributed by atoms with Crippen LogP contribution >= 0.6 is 11.5 Å². The first-order chi connectivity index (χ1) is 13.3. The highest BCUT2D eigenvalue weighted by molar-refractivity contribution is 7.03. The molecule has 2 aromatic rings. The molecule has 1 atom stereocenters. The van der Waals surface area contributed by atoms with Crippen LogP contribution in [-0.2, 0) is 9.53 Å². The molecular formula is C19H26N4O4S. The lowest BCUT2D eigenvalue weighted by Crippen LogP contribution is -2.50. The topological polar surface area (TPSA) is 93.7 Å². The first-order valence-electron chi connectivity index (χ1n) is 8.79. The summed E-state index contributed by atoms with van der Waals surface area (Å²) in [6.07, 6.45) is 0. The van der Waals surface area contributed by atoms with Crippen LogP contribution in [0.25, 0.3) is 0 Å². The molecular weight excluding hydrogens is 380 g/mol. The second-order valence-electron chi connectivity index (χ2n) is 7.20. The van der Waals surface area contributed by atoms with Gasteiger partial charge < -0.3 is 19.7 Å². The molecule has 2 rings (SSSR count). The van der Waals surface area contributed by atoms with Crippen LogP contribution in [0.4, 0.5) is 0 Å². The molecule has 8 nitrogen and oxygen atoms in total. The van der Waals surface area contributed by atoms with Crippen molar-refractivity contribution in [2.24, 2.45) is 0 Å². The van der Waals surface area contributed by atoms with E-state index >= 15 is 0 Å². The minimum atomic E-state index is -0.876. The van der Waals surface area contributed by atoms with E-state index in [1.165, 1.54) is 4.90 Å². The Kier molecular flexibility index (Phi) is 7.47. The molecule has 0 radical (unpaired) electrons. The van der Waals surface area contributed by atoms with Gasteiger partial charge in [0, 0.05) is 24.6 Å². The number of nitrogens with zero attached hydrogens (tertiary/aromatic N) is 3. The zero-order valence-electron chi connectivity index (χ0n) is 16.8. The smallest absolute Gasteiger partial charge is 0.276 e. The Hall–Kier alpha value is -2.52. The number of hydrogen-bond donors (Lipinski definition) is 1. The van der Waals surface area contributed by atoms with Crippen molar-refractivity contribution >= 4 is 23.3 Å². The lowest BCUT2D eigenvalue weighted by Gasteiger charge is -2.33. The molecule has 0 aliphatic heterocycles. The maximum atomic E-state index is 13.2. The summed E-state index contributed by atoms with van der Waals surface area (Å²) in [5.74, 6) is -0.0865. The quantitative estimate of drug-likeness (QED) is 0.723. The Morgan fingerprint density at radius 1 is 1.29 bits per heavy atom. The Labute approximate surface area is 169 Å². The Morgan fingerprint density at radius 3 is 2.61 bits per heavy atom. The van der Waals surface area contributed by atoms with Crippen molar-refractivity contribution in [3.63, 3.8) is 0 Å². The Bertz CT molecular complexity index is 789. The fourth-order valence-corrected chi connectivity index (χ4v) is 3.09. The second-order valence-corrected chi connectivity index (χ2v) is 7.81. The summed E-state index contributed by atoms with van der Waals surface area (Å²) < 4.78 is 14.2. The molecule has 0 saturated heterocycles. The number of carbonyl (C=O) groups is 2. The largest absolute Gasteiger partial charge is 0.497 e. The number of methoxy groups -OCH3 is 2. The van der Waals surface area contributed by atoms with Crippen LogP contribution in [0.5, 0.6) is 5.75 Å². The predicted molar refractivity (Wildman–Crippen MR) is 106 cm³/mol. The van der Waals surface area contributed by atoms with Gasteiger partial charge in [-0.25, -0.2) is 0 Å². The van der Waals surface area contributed by atoms with E-state index in [-0.39, 0.29) is 30.7 Å². The summed E-state index contributed by atoms with van der Waals surface area (Å²) in [6, 6.07) is 6.24. The number of hydrogen-bond acceptors (Lipinski definition) is 7. The minimum absolute atomic E-state index is 0.192. The van der Waals surface area contributed by atoms with Gasteiger partial charge in [-0.2, -0.15) is 0 Å². The zero-order valence-corrected chi connectivity index (χ0v) is 17.6. The van der Waals surface area contributed by atoms with Gasteiger partial charge in [0.15, 0.2) is 5.69 Å². The van der Waals surface area contributed by atoms with Gasteiger partial charge in [-0.3, -0.25) is 9.59 Å². The molecule has 1 aromatic carbocycles. The molecule has 0 aliphatic carbocycles. The zero-order chi connectivity index (χ0) is 20.7. The number of nitrogens with one attached hydrogen (secondary N) is 1. The first kappa shape index (κ1) is 21.8. The van der Waals surface area contributed by atoms with E-state index in [1.807, 2.05) is 20.8 Å². The van der Waals surface area contributed by atoms with Crippen LogP contribution in [0.2, 0.25) is 0 Å². The van der Waals surface area contributed by atoms with Crippen LogP contribution in [0.1, 0.15) is 42.9 Å². The van der Waals surface area contributed by atoms with E-state index in [1.54, 1.807) is 43.9 Å². The number of ether oxygens (including phenoxy) is 2. The van der Waals surface area contributed by atoms with Gasteiger partial charge in [-0.05, 0) is 50.0 Å². The molecule has 1 heterocycles. The van der Waals surface area contributed by atoms with E-state index < -0.39 is 11.6 Å². The Morgan fingerprint density at radius 2 is 2.04 bits per heavy atom. The Balaban J connectivity index is 2.50. The summed E-state index contributed by atoms with van der Waals surface area (Å²) >= 11 is 1.08. The van der Waals surface area contributed by atoms with Crippen LogP contribution in [-0.4, -0.2) is 59.2 Å². The van der Waals surface area contributed by atoms with Gasteiger partial charge in [0.1, 0.15) is 11.8 Å². The van der Waals surface area contributed by atoms with Gasteiger partial charge in [0.25, 0.3) is 5.91 Å². The standard InChI is InChI=1S/C19H26N4O4S/c1-19(2,3)20-17(24)16(13-7-6-8-14(11-13)27-5)23(9-10-26-4)18(25)15-12-28-22-21-15/h6-8,11-12,16H,9-10H2,1-5H3,(H,20,24)/t16-/m0/s1. The van der Waals surface area contributed by atoms with Crippen molar-refractivity contribution in [1.29, 1.82) is 0 Å². The number of aromatic nitrogens is 2. The van der Waals surface area contributed by atoms with E-state index in [2.05, 4.69) is 14.9 Å². The lowest BCUT2D eigenvalue weighted by atomic mass is 10.0. The highest BCUT2D eigenvalue weighted by Gasteiger charge is 2.34. The summed E-state index contributed by atoms with van der Waals surface area (Å²) in [7, 11) is 3.10. The third kappa shape index (κ3) is 5.74. The van der Waals surface area contributed by atoms with Crippen molar-refractivity contribution < 1.29 is 19.1 Å². The molecule has 2 amide bonds. The molecule has 9 heteroatoms. The molecule has 0 aliphatic rings. The molecule has 1 aromatic heterocycles. The van der Waals surface area contributed by atoms with Crippen molar-refractivity contribution in [1.82, 2.24) is 19.8 Å². The third-order valence-electron chi connectivity index (χ3n) is 3.84. The second kappa shape index (κ2) is 9.61. The molecule has 0 spiro atoms. The number of rotatable bonds is 8. The number of benzene rings is 1. The fourth-order valence-electron chi connectivity index (χ4n) is 2.66. The van der Waals surface area contributed by atoms with Gasteiger partial charge in [-0.1, -0.05) is 16.6 Å². The third-order valence-corrected chi connectivity index (χ3v) is 4.35. The SMILES string of the molecule is COCCN(C(=O)c1csnn1)[C@H](C(=O)NC(C)(C)C)c1cccc(OC)c1. The average Bonchev–Trinajstić information content (AvgIpc) is 3.17. The predicted octanol–water partition coefficient (Wildman–Crippen LogP) is 2.29. The monoisotopic (exact) mass is 406 g/mol. The minimum Gasteiger partial charge on any atom is -0.497 e. The van der Waals surface area contributed by atoms with Gasteiger partial charge >= 0.3 is 0 Å². The van der Waals surface area contributed by atoms with E-state index in [4.69, 9.17) is 9.47 Å². The molecule has 28 heavy (non-hydrogen) atoms. The maximum absolute atomic E-state index is 13.2. The molecule has 1 N–H and O–H groups in total. The normalized spacial score (nSPS) is 12.3. The van der Waals surface area contributed by atoms with Crippen molar-refractivity contribution in [3.05, 3.63) is 40.9 Å². The molecule has 0 unspecified atom stereocenters. The molecule has 0 saturated carbocycles. The van der Waals surface area contributed by atoms with E-state index in [0.29, 0.717) is 11.3 Å². The van der Waals surface area contributed by atoms with Gasteiger partial charge in [0.05, 0.1) is 13.7 Å². The van der Waals surface area contributed by atoms with Gasteiger partial charge in [-0.15, -0.1) is 5.10 Å². The van der Waals surface area contributed by atoms with Crippen LogP contribution in [0, 0.1) is 0 Å². The van der Waals surface area contributed by atoms with Gasteiger partial charge in [0.2, 0.25) is 5.91 Å². The summed E-state index contributed by atoms with van der Waals surface area (Å²) in [5, 5.41) is 8.40. The average molecular weight is 407 g/mol. The molecule has 152 valence electrons. The van der Waals surface area contributed by atoms with Crippen molar-refractivity contribution in [3.8, 4) is 5.75 Å². The number of amides is 2. The number of carbonyl (C=O) groups excluding carboxylic acids is 2. The van der Waals surface area contributed by atoms with E-state index in [9.17, 15) is 9.59 Å². The summed E-state index contributed by atoms with van der Waals surface area (Å²) in [5.41, 5.74) is 0.359. The fraction of sp³-hybridized carbons (Fsp3) is 0.474. The molecule has 0 fully saturated rings. The van der Waals surface area contributed by atoms with E-state index in [0.717, 1.165) is 11.5 Å². The maximum Gasteiger partial charge on any atom is 0.276 e. The van der Waals surface area contributed by atoms with Crippen LogP contribution < -0.4 is 10.1 Å². The highest BCUT2D eigenvalue weighted by Crippen LogP contribution is 2.27. The highest BCUT2D eigenvalue weighted by atomic mass is 32.1. The summed E-state index contributed by atoms with van der Waals surface area (Å²) in [6.45, 7) is 6.15. The first-order valence-corrected chi connectivity index (χ1v) is 9.63. The molecule has 0 bridgehead atoms. The van der Waals surface area contributed by atoms with Crippen molar-refractivity contribution in [2.45, 2.75) is 32.4 Å². The van der Waals surface area contributed by atoms with Crippen LogP contribution in [0.3, 0.4) is 0 Å². The van der Waals surface area contributed by atoms with Crippen molar-refractivity contribution in [2.75, 3.05) is 27.4 Å². The lowest BCUT2D eigenvalue weighted by molar-refractivity contribution is -0.127.